The van der Waals surface area contributed by atoms with Gasteiger partial charge in [-0.15, -0.1) is 5.10 Å². The number of aryl methyl sites for hydroxylation is 2. The maximum atomic E-state index is 11.9. The number of esters is 1. The molecule has 0 bridgehead atoms. The van der Waals surface area contributed by atoms with Crippen molar-refractivity contribution < 1.29 is 9.53 Å². The van der Waals surface area contributed by atoms with Crippen molar-refractivity contribution in [2.75, 3.05) is 6.61 Å². The third-order valence-corrected chi connectivity index (χ3v) is 3.25. The quantitative estimate of drug-likeness (QED) is 0.735. The van der Waals surface area contributed by atoms with E-state index in [9.17, 15) is 4.79 Å². The molecular formula is C16H21N3O2. The molecule has 1 heterocycles. The van der Waals surface area contributed by atoms with Crippen molar-refractivity contribution in [3.8, 4) is 0 Å². The molecule has 5 heteroatoms. The minimum atomic E-state index is -0.382. The van der Waals surface area contributed by atoms with Gasteiger partial charge in [0.25, 0.3) is 0 Å². The van der Waals surface area contributed by atoms with Gasteiger partial charge < -0.3 is 4.74 Å². The van der Waals surface area contributed by atoms with E-state index in [1.807, 2.05) is 22.9 Å². The Kier molecular flexibility index (Phi) is 5.49. The highest BCUT2D eigenvalue weighted by Crippen LogP contribution is 2.11. The van der Waals surface area contributed by atoms with Gasteiger partial charge in [0.1, 0.15) is 0 Å². The maximum Gasteiger partial charge on any atom is 0.360 e. The second-order valence-electron chi connectivity index (χ2n) is 4.81. The van der Waals surface area contributed by atoms with E-state index in [4.69, 9.17) is 4.74 Å². The van der Waals surface area contributed by atoms with Gasteiger partial charge >= 0.3 is 5.97 Å². The predicted molar refractivity (Wildman–Crippen MR) is 80.1 cm³/mol. The molecule has 0 unspecified atom stereocenters. The van der Waals surface area contributed by atoms with Crippen LogP contribution in [-0.4, -0.2) is 27.6 Å². The van der Waals surface area contributed by atoms with Gasteiger partial charge in [-0.1, -0.05) is 48.9 Å². The second-order valence-corrected chi connectivity index (χ2v) is 4.81. The van der Waals surface area contributed by atoms with E-state index >= 15 is 0 Å². The van der Waals surface area contributed by atoms with Crippen LogP contribution in [0.25, 0.3) is 0 Å². The van der Waals surface area contributed by atoms with Crippen LogP contribution in [-0.2, 0) is 24.1 Å². The molecule has 2 aromatic rings. The van der Waals surface area contributed by atoms with Crippen LogP contribution in [0.15, 0.2) is 30.3 Å². The summed E-state index contributed by atoms with van der Waals surface area (Å²) in [5, 5.41) is 8.12. The topological polar surface area (TPSA) is 57.0 Å². The number of hydrogen-bond acceptors (Lipinski definition) is 4. The Morgan fingerprint density at radius 3 is 2.62 bits per heavy atom. The molecule has 0 aliphatic rings. The van der Waals surface area contributed by atoms with Crippen molar-refractivity contribution >= 4 is 5.97 Å². The number of benzene rings is 1. The van der Waals surface area contributed by atoms with Crippen molar-refractivity contribution in [3.63, 3.8) is 0 Å². The zero-order valence-corrected chi connectivity index (χ0v) is 12.6. The first-order chi connectivity index (χ1) is 10.3. The molecule has 112 valence electrons. The number of aromatic nitrogens is 3. The average molecular weight is 287 g/mol. The molecule has 0 aliphatic heterocycles. The molecular weight excluding hydrogens is 266 g/mol. The summed E-state index contributed by atoms with van der Waals surface area (Å²) in [5.74, 6) is -0.382. The van der Waals surface area contributed by atoms with E-state index in [0.29, 0.717) is 18.8 Å². The Morgan fingerprint density at radius 2 is 1.95 bits per heavy atom. The lowest BCUT2D eigenvalue weighted by Gasteiger charge is -2.07. The standard InChI is InChI=1S/C16H21N3O2/c1-3-8-14-15(16(20)21-4-2)17-18-19(14)12-11-13-9-6-5-7-10-13/h5-7,9-10H,3-4,8,11-12H2,1-2H3. The predicted octanol–water partition coefficient (Wildman–Crippen LogP) is 2.65. The van der Waals surface area contributed by atoms with Gasteiger partial charge in [0.15, 0.2) is 5.69 Å². The Bertz CT molecular complexity index is 578. The number of ether oxygens (including phenoxy) is 1. The highest BCUT2D eigenvalue weighted by atomic mass is 16.5. The van der Waals surface area contributed by atoms with Gasteiger partial charge in [-0.3, -0.25) is 0 Å². The van der Waals surface area contributed by atoms with E-state index in [1.165, 1.54) is 5.56 Å². The third-order valence-electron chi connectivity index (χ3n) is 3.25. The fourth-order valence-corrected chi connectivity index (χ4v) is 2.23. The summed E-state index contributed by atoms with van der Waals surface area (Å²) in [5.41, 5.74) is 2.46. The van der Waals surface area contributed by atoms with E-state index in [0.717, 1.165) is 25.0 Å². The van der Waals surface area contributed by atoms with Gasteiger partial charge in [0.05, 0.1) is 12.3 Å². The molecule has 0 spiro atoms. The van der Waals surface area contributed by atoms with Crippen LogP contribution in [0.3, 0.4) is 0 Å². The summed E-state index contributed by atoms with van der Waals surface area (Å²) in [6.45, 7) is 4.92. The Hall–Kier alpha value is -2.17. The highest BCUT2D eigenvalue weighted by molar-refractivity contribution is 5.88. The summed E-state index contributed by atoms with van der Waals surface area (Å²) in [6, 6.07) is 10.2. The minimum absolute atomic E-state index is 0.348. The van der Waals surface area contributed by atoms with Crippen LogP contribution in [0, 0.1) is 0 Å². The molecule has 0 atom stereocenters. The zero-order chi connectivity index (χ0) is 15.1. The van der Waals surface area contributed by atoms with E-state index < -0.39 is 0 Å². The lowest BCUT2D eigenvalue weighted by Crippen LogP contribution is -2.12. The minimum Gasteiger partial charge on any atom is -0.461 e. The van der Waals surface area contributed by atoms with Gasteiger partial charge in [-0.2, -0.15) is 0 Å². The summed E-state index contributed by atoms with van der Waals surface area (Å²) < 4.78 is 6.86. The molecule has 0 amide bonds. The first-order valence-electron chi connectivity index (χ1n) is 7.39. The molecule has 0 saturated carbocycles. The molecule has 0 aliphatic carbocycles. The fourth-order valence-electron chi connectivity index (χ4n) is 2.23. The highest BCUT2D eigenvalue weighted by Gasteiger charge is 2.19. The zero-order valence-electron chi connectivity index (χ0n) is 12.6. The first-order valence-corrected chi connectivity index (χ1v) is 7.39. The van der Waals surface area contributed by atoms with Crippen molar-refractivity contribution in [2.45, 2.75) is 39.7 Å². The Balaban J connectivity index is 2.13. The summed E-state index contributed by atoms with van der Waals surface area (Å²) in [7, 11) is 0. The molecule has 0 radical (unpaired) electrons. The smallest absolute Gasteiger partial charge is 0.360 e. The number of hydrogen-bond donors (Lipinski definition) is 0. The fraction of sp³-hybridized carbons (Fsp3) is 0.438. The van der Waals surface area contributed by atoms with Crippen LogP contribution in [0.4, 0.5) is 0 Å². The molecule has 21 heavy (non-hydrogen) atoms. The van der Waals surface area contributed by atoms with Crippen LogP contribution >= 0.6 is 0 Å². The van der Waals surface area contributed by atoms with Crippen molar-refractivity contribution in [2.24, 2.45) is 0 Å². The Labute approximate surface area is 124 Å². The normalized spacial score (nSPS) is 10.6. The number of carbonyl (C=O) groups excluding carboxylic acids is 1. The summed E-state index contributed by atoms with van der Waals surface area (Å²) in [6.07, 6.45) is 2.57. The van der Waals surface area contributed by atoms with E-state index in [2.05, 4.69) is 29.4 Å². The summed E-state index contributed by atoms with van der Waals surface area (Å²) in [4.78, 5) is 11.9. The second kappa shape index (κ2) is 7.57. The van der Waals surface area contributed by atoms with Crippen molar-refractivity contribution in [1.29, 1.82) is 0 Å². The van der Waals surface area contributed by atoms with Gasteiger partial charge in [-0.25, -0.2) is 9.48 Å². The van der Waals surface area contributed by atoms with Gasteiger partial charge in [0, 0.05) is 6.54 Å². The van der Waals surface area contributed by atoms with Gasteiger partial charge in [-0.05, 0) is 25.3 Å². The van der Waals surface area contributed by atoms with Crippen LogP contribution < -0.4 is 0 Å². The molecule has 0 N–H and O–H groups in total. The van der Waals surface area contributed by atoms with Crippen LogP contribution in [0.2, 0.25) is 0 Å². The van der Waals surface area contributed by atoms with Gasteiger partial charge in [0.2, 0.25) is 0 Å². The number of nitrogens with zero attached hydrogens (tertiary/aromatic N) is 3. The lowest BCUT2D eigenvalue weighted by atomic mass is 10.1. The van der Waals surface area contributed by atoms with E-state index in [-0.39, 0.29) is 5.97 Å². The third kappa shape index (κ3) is 3.90. The molecule has 2 rings (SSSR count). The first kappa shape index (κ1) is 15.2. The van der Waals surface area contributed by atoms with Crippen molar-refractivity contribution in [3.05, 3.63) is 47.3 Å². The number of carbonyl (C=O) groups is 1. The molecule has 1 aromatic heterocycles. The SMILES string of the molecule is CCCc1c(C(=O)OCC)nnn1CCc1ccccc1. The molecule has 1 aromatic carbocycles. The van der Waals surface area contributed by atoms with E-state index in [1.54, 1.807) is 6.92 Å². The number of rotatable bonds is 7. The molecule has 5 nitrogen and oxygen atoms in total. The largest absolute Gasteiger partial charge is 0.461 e. The molecule has 0 fully saturated rings. The maximum absolute atomic E-state index is 11.9. The Morgan fingerprint density at radius 1 is 1.19 bits per heavy atom. The van der Waals surface area contributed by atoms with Crippen LogP contribution in [0.5, 0.6) is 0 Å². The monoisotopic (exact) mass is 287 g/mol. The average Bonchev–Trinajstić information content (AvgIpc) is 2.90. The lowest BCUT2D eigenvalue weighted by molar-refractivity contribution is 0.0518. The molecule has 0 saturated heterocycles. The van der Waals surface area contributed by atoms with Crippen LogP contribution in [0.1, 0.15) is 42.0 Å². The summed E-state index contributed by atoms with van der Waals surface area (Å²) >= 11 is 0. The van der Waals surface area contributed by atoms with Crippen molar-refractivity contribution in [1.82, 2.24) is 15.0 Å².